The molecule has 16 rings (SSSR count). The van der Waals surface area contributed by atoms with Gasteiger partial charge in [0, 0.05) is 11.9 Å². The van der Waals surface area contributed by atoms with Crippen LogP contribution >= 0.6 is 11.6 Å². The van der Waals surface area contributed by atoms with Crippen molar-refractivity contribution in [3.63, 3.8) is 0 Å². The molecule has 0 amide bonds. The zero-order valence-electron chi connectivity index (χ0n) is 87.6. The van der Waals surface area contributed by atoms with Crippen molar-refractivity contribution >= 4 is 54.7 Å². The lowest BCUT2D eigenvalue weighted by Crippen LogP contribution is -2.51. The van der Waals surface area contributed by atoms with Gasteiger partial charge >= 0.3 is 26.6 Å². The lowest BCUT2D eigenvalue weighted by atomic mass is 9.49. The highest BCUT2D eigenvalue weighted by molar-refractivity contribution is 8.05. The molecule has 3 N–H and O–H groups in total. The molecule has 9 atom stereocenters. The third-order valence-electron chi connectivity index (χ3n) is 28.1. The number of alkyl halides is 2. The van der Waals surface area contributed by atoms with Gasteiger partial charge in [-0.25, -0.2) is 8.42 Å². The maximum Gasteiger partial charge on any atom is 0.470 e. The molecule has 0 aliphatic heterocycles. The van der Waals surface area contributed by atoms with Gasteiger partial charge < -0.3 is 43.0 Å². The first-order valence-corrected chi connectivity index (χ1v) is 56.0. The molecule has 9 unspecified atom stereocenters. The van der Waals surface area contributed by atoms with Crippen LogP contribution in [0, 0.1) is 29.1 Å². The number of hydrogen-bond donors (Lipinski definition) is 3. The highest BCUT2D eigenvalue weighted by Gasteiger charge is 2.56. The Morgan fingerprint density at radius 3 is 0.937 bits per heavy atom. The summed E-state index contributed by atoms with van der Waals surface area (Å²) >= 11 is 5.76. The molecule has 5 saturated carbocycles. The van der Waals surface area contributed by atoms with Crippen molar-refractivity contribution in [2.24, 2.45) is 29.1 Å². The van der Waals surface area contributed by atoms with Crippen LogP contribution in [-0.2, 0) is 45.5 Å². The van der Waals surface area contributed by atoms with Gasteiger partial charge in [0.05, 0.1) is 22.9 Å². The predicted molar refractivity (Wildman–Crippen MR) is 582 cm³/mol. The van der Waals surface area contributed by atoms with E-state index in [0.29, 0.717) is 64.4 Å². The monoisotopic (exact) mass is 2030 g/mol. The third kappa shape index (κ3) is 39.9. The van der Waals surface area contributed by atoms with Crippen molar-refractivity contribution in [2.75, 3.05) is 6.61 Å². The number of benzene rings is 11. The van der Waals surface area contributed by atoms with Crippen molar-refractivity contribution < 1.29 is 78.2 Å². The average Bonchev–Trinajstić information content (AvgIpc) is 0.738. The fourth-order valence-electron chi connectivity index (χ4n) is 17.8. The van der Waals surface area contributed by atoms with Gasteiger partial charge in [-0.15, -0.1) is 0 Å². The lowest BCUT2D eigenvalue weighted by Gasteiger charge is -2.55. The Morgan fingerprint density at radius 1 is 0.392 bits per heavy atom. The Bertz CT molecular complexity index is 5310. The van der Waals surface area contributed by atoms with Gasteiger partial charge in [0.25, 0.3) is 0 Å². The van der Waals surface area contributed by atoms with Gasteiger partial charge in [-0.2, -0.15) is 17.2 Å². The van der Waals surface area contributed by atoms with E-state index in [2.05, 4.69) is 241 Å². The summed E-state index contributed by atoms with van der Waals surface area (Å²) in [6.07, 6.45) is 24.1. The molecule has 0 heterocycles. The number of phenols is 3. The average molecular weight is 2040 g/mol. The van der Waals surface area contributed by atoms with Gasteiger partial charge in [0.2, 0.25) is 0 Å². The minimum absolute atomic E-state index is 0.0146. The zero-order valence-corrected chi connectivity index (χ0v) is 90.8. The van der Waals surface area contributed by atoms with Gasteiger partial charge in [-0.05, 0) is 352 Å². The van der Waals surface area contributed by atoms with Crippen molar-refractivity contribution in [1.82, 2.24) is 0 Å². The minimum Gasteiger partial charge on any atom is -0.742 e. The fourth-order valence-corrected chi connectivity index (χ4v) is 21.6. The number of aromatic hydroxyl groups is 3. The molecule has 0 radical (unpaired) electrons. The van der Waals surface area contributed by atoms with Crippen molar-refractivity contribution in [3.05, 3.63) is 335 Å². The lowest BCUT2D eigenvalue weighted by molar-refractivity contribution is -0.161. The van der Waals surface area contributed by atoms with Crippen molar-refractivity contribution in [3.8, 4) is 40.2 Å². The highest BCUT2D eigenvalue weighted by atomic mass is 35.5. The smallest absolute Gasteiger partial charge is 0.470 e. The van der Waals surface area contributed by atoms with Gasteiger partial charge in [0.1, 0.15) is 40.2 Å². The van der Waals surface area contributed by atoms with Crippen LogP contribution in [-0.4, -0.2) is 66.1 Å². The molecule has 143 heavy (non-hydrogen) atoms. The standard InChI is InChI=1S/C21H28O2.C20H32O2.C18H15S.C12H16O2.C11H14F2O6S2.C10H13Cl.3C10H14O/c1-3-14(2)18-4-6-19(7-5-18)23-20(22)21-11-15-8-16(12-21)10-17(9-15)13-21;1-4-16(2)19-10-12-20(13-11-19)22-17(3)21-15-14-18-8-6-5-7-9-18;1-4-10-16(11-5-1)19(17-12-6-2-7-13-17)18-14-8-3-9-15-18;1-4-9(2)11-5-7-12(8-6-11)14-10(3)13;1-3-8(2)9-4-6-10(7-5-9)19-21(17,18)11(12,13)20(14,15)16;4*1-3-8(2)9-4-6-10(11)7-5-9/h4-7,14-17H,3,8-13H2,1-2H3;10-13,16-18H,4-9,14-15H2,1-3H3;1-15H;5-9H,4H2,1-3H3;4-8H,3H2,1-2H3,(H,14,15,16);4-8H,3H2,1-2H3;3*4-8,11H,3H2,1-2H3/q;;+1;;;;;;/p-1. The fraction of sp³-hybridized carbons (Fsp3) is 0.443. The van der Waals surface area contributed by atoms with Crippen molar-refractivity contribution in [1.29, 1.82) is 0 Å². The normalized spacial score (nSPS) is 17.4. The SMILES string of the molecule is CCC(C)c1ccc(Cl)cc1.CCC(C)c1ccc(O)cc1.CCC(C)c1ccc(O)cc1.CCC(C)c1ccc(O)cc1.CCC(C)c1ccc(OC(=O)C23CC4CC(CC(C4)C2)C3)cc1.CCC(C)c1ccc(OC(C)=O)cc1.CCC(C)c1ccc(OC(C)OCCC2CCCCC2)cc1.CCC(C)c1ccc(OS(=O)(=O)C(F)(F)S(=O)(=O)[O-])cc1.c1ccc([S+](c2ccccc2)c2ccccc2)cc1. The quantitative estimate of drug-likeness (QED) is 0.00888. The number of carbonyl (C=O) groups is 2. The molecule has 776 valence electrons. The third-order valence-corrected chi connectivity index (χ3v) is 33.4. The summed E-state index contributed by atoms with van der Waals surface area (Å²) in [7, 11) is -12.4. The predicted octanol–water partition coefficient (Wildman–Crippen LogP) is 33.7. The first-order valence-electron chi connectivity index (χ1n) is 51.6. The summed E-state index contributed by atoms with van der Waals surface area (Å²) in [5.41, 5.74) is 9.90. The first-order chi connectivity index (χ1) is 68.2. The summed E-state index contributed by atoms with van der Waals surface area (Å²) in [4.78, 5) is 27.7. The molecule has 5 aliphatic carbocycles. The molecule has 4 bridgehead atoms. The second kappa shape index (κ2) is 61.2. The van der Waals surface area contributed by atoms with Gasteiger partial charge in [0.15, 0.2) is 31.1 Å². The Kier molecular flexibility index (Phi) is 51.2. The maximum absolute atomic E-state index is 13.0. The minimum atomic E-state index is -6.40. The van der Waals surface area contributed by atoms with E-state index in [1.165, 1.54) is 143 Å². The number of rotatable bonds is 32. The van der Waals surface area contributed by atoms with Crippen LogP contribution in [0.4, 0.5) is 8.78 Å². The van der Waals surface area contributed by atoms with E-state index in [9.17, 15) is 39.8 Å². The number of esters is 2. The van der Waals surface area contributed by atoms with Crippen LogP contribution in [0.25, 0.3) is 0 Å². The number of carbonyl (C=O) groups excluding carboxylic acids is 2. The second-order valence-electron chi connectivity index (χ2n) is 38.8. The largest absolute Gasteiger partial charge is 0.742 e. The van der Waals surface area contributed by atoms with E-state index in [1.54, 1.807) is 36.4 Å². The van der Waals surface area contributed by atoms with Crippen LogP contribution in [0.15, 0.2) is 300 Å². The summed E-state index contributed by atoms with van der Waals surface area (Å²) in [5.74, 6) is 10.1. The summed E-state index contributed by atoms with van der Waals surface area (Å²) in [6.45, 7) is 38.8. The maximum atomic E-state index is 13.0. The Morgan fingerprint density at radius 2 is 0.657 bits per heavy atom. The summed E-state index contributed by atoms with van der Waals surface area (Å²) in [5, 5.41) is 27.9. The zero-order chi connectivity index (χ0) is 105. The number of ether oxygens (including phenoxy) is 4. The Balaban J connectivity index is 0.000000222. The van der Waals surface area contributed by atoms with E-state index < -0.39 is 30.6 Å². The molecule has 11 aromatic rings. The van der Waals surface area contributed by atoms with Crippen LogP contribution < -0.4 is 18.4 Å². The van der Waals surface area contributed by atoms with Gasteiger partial charge in [-0.3, -0.25) is 9.59 Å². The molecule has 21 heteroatoms. The topological polar surface area (TPSA) is 232 Å². The van der Waals surface area contributed by atoms with Crippen LogP contribution in [0.2, 0.25) is 5.02 Å². The molecule has 15 nitrogen and oxygen atoms in total. The molecule has 5 fully saturated rings. The van der Waals surface area contributed by atoms with Crippen LogP contribution in [0.1, 0.15) is 345 Å². The summed E-state index contributed by atoms with van der Waals surface area (Å²) < 4.78 is 100. The summed E-state index contributed by atoms with van der Waals surface area (Å²) in [6, 6.07) is 91.9. The Labute approximate surface area is 863 Å². The Hall–Kier alpha value is -10.3. The van der Waals surface area contributed by atoms with Gasteiger partial charge in [-0.1, -0.05) is 306 Å². The molecule has 0 spiro atoms. The van der Waals surface area contributed by atoms with E-state index in [4.69, 9.17) is 45.9 Å². The van der Waals surface area contributed by atoms with E-state index in [-0.39, 0.29) is 40.5 Å². The molecule has 0 saturated heterocycles. The molecule has 0 aromatic heterocycles. The highest BCUT2D eigenvalue weighted by Crippen LogP contribution is 2.60. The molecular weight excluding hydrogens is 1870 g/mol. The van der Waals surface area contributed by atoms with Crippen LogP contribution in [0.5, 0.6) is 40.2 Å². The number of halogens is 3. The van der Waals surface area contributed by atoms with Crippen LogP contribution in [0.3, 0.4) is 0 Å². The molecule has 11 aromatic carbocycles. The number of hydrogen-bond acceptors (Lipinski definition) is 15. The van der Waals surface area contributed by atoms with Crippen molar-refractivity contribution in [2.45, 2.75) is 326 Å². The second-order valence-corrected chi connectivity index (χ2v) is 44.5. The molecule has 5 aliphatic rings. The molecular formula is C122H159ClF2O15S3. The number of phenolic OH excluding ortho intramolecular Hbond substituents is 3. The van der Waals surface area contributed by atoms with E-state index in [0.717, 1.165) is 122 Å². The first kappa shape index (κ1) is 120. The van der Waals surface area contributed by atoms with E-state index in [1.807, 2.05) is 106 Å². The van der Waals surface area contributed by atoms with E-state index >= 15 is 0 Å².